The van der Waals surface area contributed by atoms with E-state index in [4.69, 9.17) is 0 Å². The Labute approximate surface area is 95.9 Å². The van der Waals surface area contributed by atoms with Crippen molar-refractivity contribution in [3.8, 4) is 5.75 Å². The average molecular weight is 249 g/mol. The Bertz CT molecular complexity index is 401. The summed E-state index contributed by atoms with van der Waals surface area (Å²) in [6.07, 6.45) is -1.57. The Morgan fingerprint density at radius 2 is 2.06 bits per heavy atom. The minimum absolute atomic E-state index is 0.465. The van der Waals surface area contributed by atoms with Crippen LogP contribution in [-0.2, 0) is 0 Å². The third kappa shape index (κ3) is 4.86. The molecular formula is C11H11F4NO. The molecule has 0 fully saturated rings. The fraction of sp³-hybridized carbons (Fsp3) is 0.273. The van der Waals surface area contributed by atoms with Gasteiger partial charge in [-0.1, -0.05) is 18.2 Å². The smallest absolute Gasteiger partial charge is 0.403 e. The summed E-state index contributed by atoms with van der Waals surface area (Å²) >= 11 is 0. The molecule has 0 saturated carbocycles. The Hall–Kier alpha value is -1.56. The lowest BCUT2D eigenvalue weighted by Crippen LogP contribution is -2.17. The number of hydrogen-bond donors (Lipinski definition) is 1. The summed E-state index contributed by atoms with van der Waals surface area (Å²) in [5, 5.41) is 2.84. The first-order valence-corrected chi connectivity index (χ1v) is 4.79. The molecule has 1 aromatic rings. The van der Waals surface area contributed by atoms with Crippen LogP contribution >= 0.6 is 0 Å². The molecule has 2 nitrogen and oxygen atoms in total. The number of halogens is 4. The van der Waals surface area contributed by atoms with Crippen molar-refractivity contribution in [1.82, 2.24) is 5.32 Å². The summed E-state index contributed by atoms with van der Waals surface area (Å²) in [5.74, 6) is -1.88. The zero-order valence-corrected chi connectivity index (χ0v) is 9.01. The highest BCUT2D eigenvalue weighted by Crippen LogP contribution is 2.26. The first kappa shape index (κ1) is 13.5. The minimum atomic E-state index is -4.88. The van der Waals surface area contributed by atoms with Gasteiger partial charge < -0.3 is 10.1 Å². The van der Waals surface area contributed by atoms with Crippen LogP contribution in [0.15, 0.2) is 24.3 Å². The maximum absolute atomic E-state index is 13.2. The molecule has 0 aliphatic carbocycles. The Balaban J connectivity index is 2.79. The summed E-state index contributed by atoms with van der Waals surface area (Å²) < 4.78 is 52.3. The number of ether oxygens (including phenoxy) is 1. The lowest BCUT2D eigenvalue weighted by atomic mass is 10.2. The molecule has 0 unspecified atom stereocenters. The molecule has 0 aliphatic heterocycles. The summed E-state index contributed by atoms with van der Waals surface area (Å²) in [4.78, 5) is 0. The number of benzene rings is 1. The topological polar surface area (TPSA) is 21.3 Å². The predicted molar refractivity (Wildman–Crippen MR) is 56.0 cm³/mol. The first-order valence-electron chi connectivity index (χ1n) is 4.79. The highest BCUT2D eigenvalue weighted by Gasteiger charge is 2.32. The van der Waals surface area contributed by atoms with E-state index in [-0.39, 0.29) is 0 Å². The molecule has 0 spiro atoms. The van der Waals surface area contributed by atoms with E-state index in [1.54, 1.807) is 19.2 Å². The van der Waals surface area contributed by atoms with E-state index in [1.165, 1.54) is 6.07 Å². The average Bonchev–Trinajstić information content (AvgIpc) is 2.21. The van der Waals surface area contributed by atoms with E-state index in [0.717, 1.165) is 12.1 Å². The zero-order valence-electron chi connectivity index (χ0n) is 9.01. The van der Waals surface area contributed by atoms with Crippen LogP contribution in [0.1, 0.15) is 5.56 Å². The van der Waals surface area contributed by atoms with Gasteiger partial charge in [-0.05, 0) is 24.7 Å². The molecule has 0 aromatic heterocycles. The van der Waals surface area contributed by atoms with Crippen molar-refractivity contribution in [2.75, 3.05) is 13.6 Å². The van der Waals surface area contributed by atoms with Gasteiger partial charge in [0.15, 0.2) is 11.6 Å². The predicted octanol–water partition coefficient (Wildman–Crippen LogP) is 2.96. The van der Waals surface area contributed by atoms with E-state index in [0.29, 0.717) is 12.1 Å². The summed E-state index contributed by atoms with van der Waals surface area (Å²) in [6.45, 7) is 0.586. The van der Waals surface area contributed by atoms with Crippen molar-refractivity contribution < 1.29 is 22.3 Å². The third-order valence-electron chi connectivity index (χ3n) is 1.81. The largest absolute Gasteiger partial charge is 0.573 e. The van der Waals surface area contributed by atoms with Crippen molar-refractivity contribution in [2.45, 2.75) is 6.36 Å². The van der Waals surface area contributed by atoms with Crippen LogP contribution in [0.2, 0.25) is 0 Å². The van der Waals surface area contributed by atoms with Gasteiger partial charge in [0, 0.05) is 6.54 Å². The second kappa shape index (κ2) is 5.67. The summed E-state index contributed by atoms with van der Waals surface area (Å²) in [7, 11) is 1.74. The van der Waals surface area contributed by atoms with Crippen molar-refractivity contribution in [1.29, 1.82) is 0 Å². The summed E-state index contributed by atoms with van der Waals surface area (Å²) in [6, 6.07) is 3.27. The molecule has 94 valence electrons. The van der Waals surface area contributed by atoms with Crippen LogP contribution in [0.25, 0.3) is 6.08 Å². The van der Waals surface area contributed by atoms with Gasteiger partial charge >= 0.3 is 6.36 Å². The minimum Gasteiger partial charge on any atom is -0.403 e. The molecule has 0 radical (unpaired) electrons. The lowest BCUT2D eigenvalue weighted by molar-refractivity contribution is -0.275. The van der Waals surface area contributed by atoms with E-state index in [9.17, 15) is 17.6 Å². The van der Waals surface area contributed by atoms with E-state index in [1.807, 2.05) is 0 Å². The van der Waals surface area contributed by atoms with Gasteiger partial charge in [-0.25, -0.2) is 4.39 Å². The molecule has 17 heavy (non-hydrogen) atoms. The number of likely N-dealkylation sites (N-methyl/N-ethyl adjacent to an activating group) is 1. The molecule has 6 heteroatoms. The quantitative estimate of drug-likeness (QED) is 0.828. The van der Waals surface area contributed by atoms with Crippen molar-refractivity contribution in [2.24, 2.45) is 0 Å². The highest BCUT2D eigenvalue weighted by atomic mass is 19.4. The van der Waals surface area contributed by atoms with E-state index >= 15 is 0 Å². The van der Waals surface area contributed by atoms with Gasteiger partial charge in [-0.3, -0.25) is 0 Å². The Morgan fingerprint density at radius 3 is 2.59 bits per heavy atom. The van der Waals surface area contributed by atoms with Gasteiger partial charge in [0.05, 0.1) is 0 Å². The maximum atomic E-state index is 13.2. The molecular weight excluding hydrogens is 238 g/mol. The molecule has 0 aliphatic rings. The Morgan fingerprint density at radius 1 is 1.35 bits per heavy atom. The fourth-order valence-electron chi connectivity index (χ4n) is 1.14. The third-order valence-corrected chi connectivity index (χ3v) is 1.81. The van der Waals surface area contributed by atoms with E-state index in [2.05, 4.69) is 10.1 Å². The monoisotopic (exact) mass is 249 g/mol. The first-order chi connectivity index (χ1) is 7.92. The van der Waals surface area contributed by atoms with Crippen LogP contribution in [-0.4, -0.2) is 20.0 Å². The van der Waals surface area contributed by atoms with Gasteiger partial charge in [-0.2, -0.15) is 0 Å². The van der Waals surface area contributed by atoms with Crippen LogP contribution < -0.4 is 10.1 Å². The van der Waals surface area contributed by atoms with Crippen molar-refractivity contribution >= 4 is 6.08 Å². The molecule has 1 rings (SSSR count). The van der Waals surface area contributed by atoms with Crippen LogP contribution in [0, 0.1) is 5.82 Å². The molecule has 1 aromatic carbocycles. The summed E-state index contributed by atoms with van der Waals surface area (Å²) in [5.41, 5.74) is 0.465. The number of hydrogen-bond acceptors (Lipinski definition) is 2. The zero-order chi connectivity index (χ0) is 12.9. The maximum Gasteiger partial charge on any atom is 0.573 e. The molecule has 0 amide bonds. The van der Waals surface area contributed by atoms with Crippen LogP contribution in [0.4, 0.5) is 17.6 Å². The van der Waals surface area contributed by atoms with Crippen LogP contribution in [0.3, 0.4) is 0 Å². The molecule has 0 atom stereocenters. The fourth-order valence-corrected chi connectivity index (χ4v) is 1.14. The Kier molecular flexibility index (Phi) is 4.51. The number of alkyl halides is 3. The molecule has 0 saturated heterocycles. The molecule has 1 N–H and O–H groups in total. The second-order valence-electron chi connectivity index (χ2n) is 3.20. The molecule has 0 heterocycles. The highest BCUT2D eigenvalue weighted by molar-refractivity contribution is 5.51. The van der Waals surface area contributed by atoms with E-state index < -0.39 is 17.9 Å². The van der Waals surface area contributed by atoms with Crippen molar-refractivity contribution in [3.63, 3.8) is 0 Å². The van der Waals surface area contributed by atoms with Gasteiger partial charge in [-0.15, -0.1) is 13.2 Å². The standard InChI is InChI=1S/C11H11F4NO/c1-16-6-2-3-8-4-5-10(9(12)7-8)17-11(13,14)15/h2-5,7,16H,6H2,1H3. The molecule has 0 bridgehead atoms. The van der Waals surface area contributed by atoms with Gasteiger partial charge in [0.1, 0.15) is 0 Å². The number of nitrogens with one attached hydrogen (secondary N) is 1. The van der Waals surface area contributed by atoms with Gasteiger partial charge in [0.25, 0.3) is 0 Å². The SMILES string of the molecule is CNCC=Cc1ccc(OC(F)(F)F)c(F)c1. The van der Waals surface area contributed by atoms with Gasteiger partial charge in [0.2, 0.25) is 0 Å². The van der Waals surface area contributed by atoms with Crippen LogP contribution in [0.5, 0.6) is 5.75 Å². The number of rotatable bonds is 4. The lowest BCUT2D eigenvalue weighted by Gasteiger charge is -2.09. The second-order valence-corrected chi connectivity index (χ2v) is 3.20. The van der Waals surface area contributed by atoms with Crippen molar-refractivity contribution in [3.05, 3.63) is 35.7 Å². The normalized spacial score (nSPS) is 12.1.